The molecule has 46 heavy (non-hydrogen) atoms. The zero-order valence-corrected chi connectivity index (χ0v) is 32.4. The molecule has 0 atom stereocenters. The van der Waals surface area contributed by atoms with Crippen LogP contribution in [0.2, 0.25) is 0 Å². The molecular formula is C44H87N2+. The quantitative estimate of drug-likeness (QED) is 0.0501. The van der Waals surface area contributed by atoms with Crippen molar-refractivity contribution in [2.24, 2.45) is 0 Å². The summed E-state index contributed by atoms with van der Waals surface area (Å²) in [4.78, 5) is 0. The second-order valence-electron chi connectivity index (χ2n) is 15.2. The molecule has 1 rings (SSSR count). The summed E-state index contributed by atoms with van der Waals surface area (Å²) in [6.07, 6.45) is 56.4. The van der Waals surface area contributed by atoms with Crippen LogP contribution < -0.4 is 4.57 Å². The zero-order chi connectivity index (χ0) is 33.0. The number of hydrogen-bond donors (Lipinski definition) is 0. The molecule has 0 N–H and O–H groups in total. The first-order chi connectivity index (χ1) is 22.8. The molecule has 0 aromatic carbocycles. The van der Waals surface area contributed by atoms with Crippen LogP contribution in [-0.4, -0.2) is 4.57 Å². The molecule has 0 fully saturated rings. The smallest absolute Gasteiger partial charge is 0.234 e. The molecule has 0 aliphatic heterocycles. The second-order valence-corrected chi connectivity index (χ2v) is 15.2. The van der Waals surface area contributed by atoms with Gasteiger partial charge in [-0.25, -0.2) is 9.13 Å². The first-order valence-electron chi connectivity index (χ1n) is 21.9. The normalized spacial score (nSPS) is 11.6. The zero-order valence-electron chi connectivity index (χ0n) is 32.4. The van der Waals surface area contributed by atoms with Gasteiger partial charge in [0.2, 0.25) is 0 Å². The maximum atomic E-state index is 2.64. The average Bonchev–Trinajstić information content (AvgIpc) is 3.45. The molecule has 0 bridgehead atoms. The lowest BCUT2D eigenvalue weighted by atomic mass is 10.0. The summed E-state index contributed by atoms with van der Waals surface area (Å²) in [6.45, 7) is 9.41. The van der Waals surface area contributed by atoms with Crippen molar-refractivity contribution < 1.29 is 4.57 Å². The number of rotatable bonds is 38. The fourth-order valence-electron chi connectivity index (χ4n) is 7.39. The molecule has 1 aromatic heterocycles. The van der Waals surface area contributed by atoms with E-state index >= 15 is 0 Å². The van der Waals surface area contributed by atoms with Crippen LogP contribution in [0.3, 0.4) is 0 Å². The van der Waals surface area contributed by atoms with Crippen molar-refractivity contribution in [3.8, 4) is 0 Å². The Bertz CT molecular complexity index is 707. The van der Waals surface area contributed by atoms with Crippen LogP contribution in [0.15, 0.2) is 12.4 Å². The molecule has 0 radical (unpaired) electrons. The lowest BCUT2D eigenvalue weighted by Crippen LogP contribution is -2.37. The van der Waals surface area contributed by atoms with E-state index in [1.807, 2.05) is 0 Å². The standard InChI is InChI=1S/C44H87N2/c1-4-7-10-13-16-18-20-22-23-25-27-29-32-35-38-41-46-43-42-45(40-37-34-31-15-12-9-6-3)44(46)39-36-33-30-28-26-24-21-19-17-14-11-8-5-2/h42-43H,4-41H2,1-3H3/q+1. The minimum atomic E-state index is 1.23. The van der Waals surface area contributed by atoms with Gasteiger partial charge in [-0.05, 0) is 32.1 Å². The van der Waals surface area contributed by atoms with Crippen molar-refractivity contribution in [2.75, 3.05) is 0 Å². The van der Waals surface area contributed by atoms with E-state index < -0.39 is 0 Å². The van der Waals surface area contributed by atoms with Gasteiger partial charge >= 0.3 is 0 Å². The van der Waals surface area contributed by atoms with Crippen LogP contribution in [0.5, 0.6) is 0 Å². The van der Waals surface area contributed by atoms with Crippen LogP contribution in [0.25, 0.3) is 0 Å². The number of aromatic nitrogens is 2. The first-order valence-corrected chi connectivity index (χ1v) is 21.9. The molecule has 2 heteroatoms. The van der Waals surface area contributed by atoms with E-state index in [0.717, 1.165) is 0 Å². The molecule has 0 aliphatic rings. The van der Waals surface area contributed by atoms with Crippen LogP contribution in [0.1, 0.15) is 251 Å². The summed E-state index contributed by atoms with van der Waals surface area (Å²) in [5, 5.41) is 0. The monoisotopic (exact) mass is 644 g/mol. The Balaban J connectivity index is 2.23. The van der Waals surface area contributed by atoms with Gasteiger partial charge < -0.3 is 0 Å². The number of hydrogen-bond acceptors (Lipinski definition) is 0. The molecule has 1 heterocycles. The van der Waals surface area contributed by atoms with Gasteiger partial charge in [0.1, 0.15) is 12.4 Å². The van der Waals surface area contributed by atoms with Crippen LogP contribution >= 0.6 is 0 Å². The fourth-order valence-corrected chi connectivity index (χ4v) is 7.39. The van der Waals surface area contributed by atoms with Crippen molar-refractivity contribution in [3.05, 3.63) is 18.2 Å². The van der Waals surface area contributed by atoms with Crippen molar-refractivity contribution in [1.82, 2.24) is 4.57 Å². The van der Waals surface area contributed by atoms with Crippen LogP contribution in [0.4, 0.5) is 0 Å². The molecule has 1 aromatic rings. The van der Waals surface area contributed by atoms with E-state index in [-0.39, 0.29) is 0 Å². The Labute approximate surface area is 291 Å². The highest BCUT2D eigenvalue weighted by Crippen LogP contribution is 2.16. The molecule has 0 saturated carbocycles. The van der Waals surface area contributed by atoms with Gasteiger partial charge in [-0.2, -0.15) is 0 Å². The van der Waals surface area contributed by atoms with Crippen LogP contribution in [0, 0.1) is 0 Å². The van der Waals surface area contributed by atoms with E-state index in [0.29, 0.717) is 0 Å². The Kier molecular flexibility index (Phi) is 33.4. The number of nitrogens with zero attached hydrogens (tertiary/aromatic N) is 2. The SMILES string of the molecule is CCCCCCCCCCCCCCCCCn1cc[n+](CCCCCCCCC)c1CCCCCCCCCCCCCCC. The van der Waals surface area contributed by atoms with Gasteiger partial charge in [0.25, 0.3) is 5.82 Å². The lowest BCUT2D eigenvalue weighted by molar-refractivity contribution is -0.704. The van der Waals surface area contributed by atoms with Crippen molar-refractivity contribution in [3.63, 3.8) is 0 Å². The predicted octanol–water partition coefficient (Wildman–Crippen LogP) is 15.0. The fraction of sp³-hybridized carbons (Fsp3) is 0.932. The van der Waals surface area contributed by atoms with E-state index in [1.165, 1.54) is 244 Å². The second kappa shape index (κ2) is 35.5. The molecule has 0 spiro atoms. The average molecular weight is 644 g/mol. The molecule has 0 amide bonds. The lowest BCUT2D eigenvalue weighted by Gasteiger charge is -2.07. The Morgan fingerprint density at radius 1 is 0.370 bits per heavy atom. The van der Waals surface area contributed by atoms with Gasteiger partial charge in [0.05, 0.1) is 13.1 Å². The van der Waals surface area contributed by atoms with Gasteiger partial charge in [0.15, 0.2) is 0 Å². The largest absolute Gasteiger partial charge is 0.256 e. The highest BCUT2D eigenvalue weighted by molar-refractivity contribution is 4.84. The summed E-state index contributed by atoms with van der Waals surface area (Å²) in [5.74, 6) is 1.62. The minimum absolute atomic E-state index is 1.23. The van der Waals surface area contributed by atoms with E-state index in [1.54, 1.807) is 5.82 Å². The summed E-state index contributed by atoms with van der Waals surface area (Å²) >= 11 is 0. The third kappa shape index (κ3) is 27.2. The predicted molar refractivity (Wildman–Crippen MR) is 207 cm³/mol. The third-order valence-corrected chi connectivity index (χ3v) is 10.6. The van der Waals surface area contributed by atoms with E-state index in [2.05, 4.69) is 42.3 Å². The van der Waals surface area contributed by atoms with Crippen molar-refractivity contribution in [1.29, 1.82) is 0 Å². The molecule has 272 valence electrons. The van der Waals surface area contributed by atoms with Crippen molar-refractivity contribution in [2.45, 2.75) is 265 Å². The Morgan fingerprint density at radius 3 is 1.04 bits per heavy atom. The van der Waals surface area contributed by atoms with Gasteiger partial charge in [0, 0.05) is 6.42 Å². The Hall–Kier alpha value is -0.790. The summed E-state index contributed by atoms with van der Waals surface area (Å²) in [5.41, 5.74) is 0. The number of unbranched alkanes of at least 4 members (excludes halogenated alkanes) is 32. The van der Waals surface area contributed by atoms with E-state index in [9.17, 15) is 0 Å². The molecule has 0 unspecified atom stereocenters. The number of aryl methyl sites for hydroxylation is 2. The van der Waals surface area contributed by atoms with Gasteiger partial charge in [-0.1, -0.05) is 213 Å². The minimum Gasteiger partial charge on any atom is -0.234 e. The topological polar surface area (TPSA) is 8.81 Å². The summed E-state index contributed by atoms with van der Waals surface area (Å²) in [7, 11) is 0. The molecule has 2 nitrogen and oxygen atoms in total. The highest BCUT2D eigenvalue weighted by atomic mass is 15.1. The van der Waals surface area contributed by atoms with Gasteiger partial charge in [-0.15, -0.1) is 0 Å². The molecule has 0 aliphatic carbocycles. The molecular weight excluding hydrogens is 556 g/mol. The van der Waals surface area contributed by atoms with Crippen LogP contribution in [-0.2, 0) is 19.5 Å². The highest BCUT2D eigenvalue weighted by Gasteiger charge is 2.16. The first kappa shape index (κ1) is 43.2. The number of imidazole rings is 1. The third-order valence-electron chi connectivity index (χ3n) is 10.6. The molecule has 0 saturated heterocycles. The summed E-state index contributed by atoms with van der Waals surface area (Å²) < 4.78 is 5.28. The maximum absolute atomic E-state index is 2.64. The maximum Gasteiger partial charge on any atom is 0.256 e. The van der Waals surface area contributed by atoms with E-state index in [4.69, 9.17) is 0 Å². The van der Waals surface area contributed by atoms with Gasteiger partial charge in [-0.3, -0.25) is 0 Å². The summed E-state index contributed by atoms with van der Waals surface area (Å²) in [6, 6.07) is 0. The Morgan fingerprint density at radius 2 is 0.674 bits per heavy atom. The van der Waals surface area contributed by atoms with Crippen molar-refractivity contribution >= 4 is 0 Å².